The summed E-state index contributed by atoms with van der Waals surface area (Å²) < 4.78 is 0. The maximum Gasteiger partial charge on any atom is 0.271 e. The fourth-order valence-electron chi connectivity index (χ4n) is 5.06. The lowest BCUT2D eigenvalue weighted by molar-refractivity contribution is 0.0954. The number of benzene rings is 2. The van der Waals surface area contributed by atoms with Crippen LogP contribution in [-0.2, 0) is 5.41 Å². The van der Waals surface area contributed by atoms with Crippen LogP contribution in [0, 0.1) is 0 Å². The van der Waals surface area contributed by atoms with Crippen LogP contribution in [0.1, 0.15) is 46.3 Å². The summed E-state index contributed by atoms with van der Waals surface area (Å²) in [7, 11) is 0. The third kappa shape index (κ3) is 5.32. The maximum atomic E-state index is 12.6. The number of piperidine rings is 1. The third-order valence-electron chi connectivity index (χ3n) is 6.95. The number of halogens is 2. The van der Waals surface area contributed by atoms with Gasteiger partial charge in [0, 0.05) is 40.7 Å². The molecule has 178 valence electrons. The SMILES string of the molecule is O=C(N/N=C1\CC2(CCN(C/C=C/c3ccc(Cl)cc3)CC2)c2ccccc21)c1ccnc(Cl)c1. The molecule has 5 rings (SSSR count). The molecule has 1 aliphatic heterocycles. The van der Waals surface area contributed by atoms with E-state index in [1.165, 1.54) is 17.8 Å². The molecule has 2 heterocycles. The van der Waals surface area contributed by atoms with Crippen LogP contribution in [0.2, 0.25) is 10.2 Å². The molecule has 1 aromatic heterocycles. The second-order valence-electron chi connectivity index (χ2n) is 9.12. The average molecular weight is 505 g/mol. The molecule has 5 nitrogen and oxygen atoms in total. The number of likely N-dealkylation sites (tertiary alicyclic amines) is 1. The molecule has 1 N–H and O–H groups in total. The van der Waals surface area contributed by atoms with Crippen molar-refractivity contribution >= 4 is 40.9 Å². The number of fused-ring (bicyclic) bond motifs is 2. The number of rotatable bonds is 5. The summed E-state index contributed by atoms with van der Waals surface area (Å²) in [4.78, 5) is 19.0. The quantitative estimate of drug-likeness (QED) is 0.343. The van der Waals surface area contributed by atoms with Crippen molar-refractivity contribution in [3.8, 4) is 0 Å². The fraction of sp³-hybridized carbons (Fsp3) is 0.250. The summed E-state index contributed by atoms with van der Waals surface area (Å²) >= 11 is 11.9. The van der Waals surface area contributed by atoms with E-state index in [-0.39, 0.29) is 16.5 Å². The third-order valence-corrected chi connectivity index (χ3v) is 7.41. The van der Waals surface area contributed by atoms with Crippen LogP contribution in [0.5, 0.6) is 0 Å². The topological polar surface area (TPSA) is 57.6 Å². The van der Waals surface area contributed by atoms with Crippen molar-refractivity contribution in [3.63, 3.8) is 0 Å². The second kappa shape index (κ2) is 10.3. The first kappa shape index (κ1) is 23.7. The van der Waals surface area contributed by atoms with Crippen LogP contribution in [0.15, 0.2) is 78.0 Å². The molecule has 1 amide bonds. The molecule has 0 bridgehead atoms. The monoisotopic (exact) mass is 504 g/mol. The van der Waals surface area contributed by atoms with E-state index in [9.17, 15) is 4.79 Å². The van der Waals surface area contributed by atoms with Gasteiger partial charge in [0.1, 0.15) is 5.15 Å². The number of aromatic nitrogens is 1. The molecular formula is C28H26Cl2N4O. The number of hydrogen-bond donors (Lipinski definition) is 1. The lowest BCUT2D eigenvalue weighted by Gasteiger charge is -2.39. The predicted molar refractivity (Wildman–Crippen MR) is 142 cm³/mol. The first-order chi connectivity index (χ1) is 17.0. The van der Waals surface area contributed by atoms with Gasteiger partial charge in [-0.1, -0.05) is 71.8 Å². The van der Waals surface area contributed by atoms with Crippen molar-refractivity contribution in [2.24, 2.45) is 5.10 Å². The van der Waals surface area contributed by atoms with E-state index >= 15 is 0 Å². The zero-order chi connectivity index (χ0) is 24.3. The van der Waals surface area contributed by atoms with Crippen LogP contribution in [0.3, 0.4) is 0 Å². The van der Waals surface area contributed by atoms with Gasteiger partial charge in [0.05, 0.1) is 5.71 Å². The fourth-order valence-corrected chi connectivity index (χ4v) is 5.36. The minimum atomic E-state index is -0.289. The van der Waals surface area contributed by atoms with Crippen molar-refractivity contribution in [2.45, 2.75) is 24.7 Å². The van der Waals surface area contributed by atoms with Gasteiger partial charge in [0.15, 0.2) is 0 Å². The van der Waals surface area contributed by atoms with Crippen LogP contribution in [-0.4, -0.2) is 41.1 Å². The number of nitrogens with one attached hydrogen (secondary N) is 1. The Morgan fingerprint density at radius 3 is 2.63 bits per heavy atom. The molecule has 3 aromatic rings. The summed E-state index contributed by atoms with van der Waals surface area (Å²) in [6.07, 6.45) is 8.84. The number of amides is 1. The first-order valence-corrected chi connectivity index (χ1v) is 12.5. The van der Waals surface area contributed by atoms with Crippen LogP contribution < -0.4 is 5.43 Å². The van der Waals surface area contributed by atoms with Crippen molar-refractivity contribution in [2.75, 3.05) is 19.6 Å². The Bertz CT molecular complexity index is 1280. The molecule has 0 saturated carbocycles. The Labute approximate surface area is 215 Å². The molecule has 1 spiro atoms. The first-order valence-electron chi connectivity index (χ1n) is 11.8. The van der Waals surface area contributed by atoms with Crippen LogP contribution in [0.4, 0.5) is 0 Å². The van der Waals surface area contributed by atoms with Crippen molar-refractivity contribution in [1.82, 2.24) is 15.3 Å². The molecule has 35 heavy (non-hydrogen) atoms. The molecule has 0 unspecified atom stereocenters. The van der Waals surface area contributed by atoms with Gasteiger partial charge in [-0.25, -0.2) is 10.4 Å². The van der Waals surface area contributed by atoms with Gasteiger partial charge in [-0.2, -0.15) is 5.10 Å². The molecule has 0 radical (unpaired) electrons. The summed E-state index contributed by atoms with van der Waals surface area (Å²) in [5, 5.41) is 5.58. The van der Waals surface area contributed by atoms with Crippen molar-refractivity contribution < 1.29 is 4.79 Å². The summed E-state index contributed by atoms with van der Waals surface area (Å²) in [6, 6.07) is 19.5. The van der Waals surface area contributed by atoms with Gasteiger partial charge >= 0.3 is 0 Å². The lowest BCUT2D eigenvalue weighted by Crippen LogP contribution is -2.41. The predicted octanol–water partition coefficient (Wildman–Crippen LogP) is 5.97. The van der Waals surface area contributed by atoms with E-state index < -0.39 is 0 Å². The maximum absolute atomic E-state index is 12.6. The smallest absolute Gasteiger partial charge is 0.271 e. The summed E-state index contributed by atoms with van der Waals surface area (Å²) in [5.74, 6) is -0.289. The average Bonchev–Trinajstić information content (AvgIpc) is 3.18. The number of hydrazone groups is 1. The molecule has 7 heteroatoms. The minimum absolute atomic E-state index is 0.0660. The van der Waals surface area contributed by atoms with Crippen LogP contribution in [0.25, 0.3) is 6.08 Å². The Morgan fingerprint density at radius 1 is 1.09 bits per heavy atom. The molecule has 2 aromatic carbocycles. The van der Waals surface area contributed by atoms with E-state index in [1.54, 1.807) is 6.07 Å². The largest absolute Gasteiger partial charge is 0.300 e. The molecule has 0 atom stereocenters. The number of carbonyl (C=O) groups excluding carboxylic acids is 1. The molecule has 1 aliphatic carbocycles. The van der Waals surface area contributed by atoms with Gasteiger partial charge in [0.2, 0.25) is 0 Å². The van der Waals surface area contributed by atoms with E-state index in [1.807, 2.05) is 30.3 Å². The number of hydrogen-bond acceptors (Lipinski definition) is 4. The second-order valence-corrected chi connectivity index (χ2v) is 9.95. The zero-order valence-electron chi connectivity index (χ0n) is 19.3. The highest BCUT2D eigenvalue weighted by Crippen LogP contribution is 2.46. The minimum Gasteiger partial charge on any atom is -0.300 e. The standard InChI is InChI=1S/C28H26Cl2N4O/c29-22-9-7-20(8-10-22)4-3-15-34-16-12-28(13-17-34)19-25(23-5-1-2-6-24(23)28)32-33-27(35)21-11-14-31-26(30)18-21/h1-11,14,18H,12-13,15-17,19H2,(H,33,35)/b4-3+,32-25+. The summed E-state index contributed by atoms with van der Waals surface area (Å²) in [5.41, 5.74) is 7.80. The lowest BCUT2D eigenvalue weighted by atomic mass is 9.74. The number of pyridine rings is 1. The summed E-state index contributed by atoms with van der Waals surface area (Å²) in [6.45, 7) is 2.97. The Hall–Kier alpha value is -2.99. The van der Waals surface area contributed by atoms with Gasteiger partial charge < -0.3 is 0 Å². The Balaban J connectivity index is 1.25. The molecular weight excluding hydrogens is 479 g/mol. The Kier molecular flexibility index (Phi) is 7.00. The highest BCUT2D eigenvalue weighted by Gasteiger charge is 2.43. The number of nitrogens with zero attached hydrogens (tertiary/aromatic N) is 3. The van der Waals surface area contributed by atoms with Gasteiger partial charge in [-0.15, -0.1) is 0 Å². The molecule has 1 saturated heterocycles. The van der Waals surface area contributed by atoms with E-state index in [0.29, 0.717) is 5.56 Å². The Morgan fingerprint density at radius 2 is 1.86 bits per heavy atom. The number of carbonyl (C=O) groups is 1. The van der Waals surface area contributed by atoms with Gasteiger partial charge in [-0.05, 0) is 61.3 Å². The van der Waals surface area contributed by atoms with E-state index in [4.69, 9.17) is 23.2 Å². The highest BCUT2D eigenvalue weighted by molar-refractivity contribution is 6.30. The van der Waals surface area contributed by atoms with E-state index in [0.717, 1.165) is 60.8 Å². The zero-order valence-corrected chi connectivity index (χ0v) is 20.8. The van der Waals surface area contributed by atoms with Gasteiger partial charge in [-0.3, -0.25) is 9.69 Å². The van der Waals surface area contributed by atoms with Gasteiger partial charge in [0.25, 0.3) is 5.91 Å². The van der Waals surface area contributed by atoms with E-state index in [2.05, 4.69) is 50.8 Å². The van der Waals surface area contributed by atoms with Crippen molar-refractivity contribution in [3.05, 3.63) is 105 Å². The normalized spacial score (nSPS) is 18.3. The van der Waals surface area contributed by atoms with Crippen LogP contribution >= 0.6 is 23.2 Å². The molecule has 2 aliphatic rings. The van der Waals surface area contributed by atoms with Crippen molar-refractivity contribution in [1.29, 1.82) is 0 Å². The molecule has 1 fully saturated rings. The highest BCUT2D eigenvalue weighted by atomic mass is 35.5.